The molecule has 2 aromatic carbocycles. The number of benzene rings is 2. The number of hydrogen-bond donors (Lipinski definition) is 1. The van der Waals surface area contributed by atoms with Crippen LogP contribution in [-0.4, -0.2) is 52.8 Å². The monoisotopic (exact) mass is 397 g/mol. The Hall–Kier alpha value is -3.22. The molecule has 29 heavy (non-hydrogen) atoms. The first-order chi connectivity index (χ1) is 13.9. The van der Waals surface area contributed by atoms with Crippen molar-refractivity contribution in [3.63, 3.8) is 0 Å². The zero-order valence-electron chi connectivity index (χ0n) is 16.2. The molecule has 1 aromatic heterocycles. The normalized spacial score (nSPS) is 20.0. The van der Waals surface area contributed by atoms with Gasteiger partial charge in [0.15, 0.2) is 0 Å². The molecule has 1 N–H and O–H groups in total. The third-order valence-corrected chi connectivity index (χ3v) is 5.67. The number of H-pyrrole nitrogens is 1. The summed E-state index contributed by atoms with van der Waals surface area (Å²) in [6.07, 6.45) is 2.12. The lowest BCUT2D eigenvalue weighted by Crippen LogP contribution is -2.63. The Bertz CT molecular complexity index is 1090. The fourth-order valence-corrected chi connectivity index (χ4v) is 4.02. The van der Waals surface area contributed by atoms with Gasteiger partial charge in [0.2, 0.25) is 11.8 Å². The fraction of sp³-hybridized carbons (Fsp3) is 0.273. The van der Waals surface area contributed by atoms with E-state index in [1.807, 2.05) is 0 Å². The molecule has 1 saturated heterocycles. The Morgan fingerprint density at radius 3 is 2.28 bits per heavy atom. The van der Waals surface area contributed by atoms with Gasteiger partial charge in [-0.05, 0) is 35.4 Å². The van der Waals surface area contributed by atoms with Crippen molar-refractivity contribution < 1.29 is 18.4 Å². The lowest BCUT2D eigenvalue weighted by molar-refractivity contribution is -0.158. The maximum absolute atomic E-state index is 14.3. The number of nitrogens with zero attached hydrogens (tertiary/aromatic N) is 2. The summed E-state index contributed by atoms with van der Waals surface area (Å²) in [4.78, 5) is 31.9. The van der Waals surface area contributed by atoms with Gasteiger partial charge < -0.3 is 14.8 Å². The van der Waals surface area contributed by atoms with Crippen molar-refractivity contribution in [2.45, 2.75) is 24.9 Å². The van der Waals surface area contributed by atoms with Gasteiger partial charge in [-0.15, -0.1) is 0 Å². The van der Waals surface area contributed by atoms with Crippen LogP contribution in [0.5, 0.6) is 0 Å². The van der Waals surface area contributed by atoms with E-state index in [1.54, 1.807) is 44.6 Å². The fourth-order valence-electron chi connectivity index (χ4n) is 4.02. The second-order valence-electron chi connectivity index (χ2n) is 7.44. The smallest absolute Gasteiger partial charge is 0.246 e. The van der Waals surface area contributed by atoms with Crippen LogP contribution >= 0.6 is 0 Å². The summed E-state index contributed by atoms with van der Waals surface area (Å²) in [5.41, 5.74) is 1.94. The number of carbonyl (C=O) groups is 2. The van der Waals surface area contributed by atoms with Crippen molar-refractivity contribution in [1.29, 1.82) is 0 Å². The number of hydrogen-bond acceptors (Lipinski definition) is 2. The summed E-state index contributed by atoms with van der Waals surface area (Å²) in [5.74, 6) is -1.19. The summed E-state index contributed by atoms with van der Waals surface area (Å²) >= 11 is 0. The largest absolute Gasteiger partial charge is 0.361 e. The lowest BCUT2D eigenvalue weighted by Gasteiger charge is -2.42. The van der Waals surface area contributed by atoms with Gasteiger partial charge in [0.25, 0.3) is 0 Å². The molecule has 7 heteroatoms. The van der Waals surface area contributed by atoms with E-state index in [-0.39, 0.29) is 36.3 Å². The van der Waals surface area contributed by atoms with Gasteiger partial charge in [-0.25, -0.2) is 8.78 Å². The van der Waals surface area contributed by atoms with Crippen LogP contribution in [0.25, 0.3) is 10.9 Å². The number of aromatic nitrogens is 1. The van der Waals surface area contributed by atoms with Crippen LogP contribution in [0.3, 0.4) is 0 Å². The lowest BCUT2D eigenvalue weighted by atomic mass is 9.95. The number of halogens is 2. The molecule has 1 aliphatic heterocycles. The van der Waals surface area contributed by atoms with Crippen molar-refractivity contribution in [2.75, 3.05) is 14.1 Å². The first kappa shape index (κ1) is 19.1. The van der Waals surface area contributed by atoms with E-state index < -0.39 is 12.1 Å². The van der Waals surface area contributed by atoms with Crippen molar-refractivity contribution in [2.24, 2.45) is 0 Å². The van der Waals surface area contributed by atoms with Crippen LogP contribution in [0.15, 0.2) is 48.7 Å². The van der Waals surface area contributed by atoms with E-state index >= 15 is 0 Å². The van der Waals surface area contributed by atoms with E-state index in [4.69, 9.17) is 0 Å². The van der Waals surface area contributed by atoms with E-state index in [2.05, 4.69) is 4.98 Å². The Kier molecular flexibility index (Phi) is 4.82. The molecule has 2 heterocycles. The number of amides is 2. The molecule has 4 rings (SSSR count). The summed E-state index contributed by atoms with van der Waals surface area (Å²) in [6, 6.07) is 9.34. The van der Waals surface area contributed by atoms with E-state index in [9.17, 15) is 18.4 Å². The highest BCUT2D eigenvalue weighted by Crippen LogP contribution is 2.26. The number of aromatic amines is 1. The Morgan fingerprint density at radius 1 is 0.931 bits per heavy atom. The van der Waals surface area contributed by atoms with E-state index in [1.165, 1.54) is 28.0 Å². The average Bonchev–Trinajstić information content (AvgIpc) is 3.11. The average molecular weight is 397 g/mol. The molecule has 2 atom stereocenters. The molecule has 0 spiro atoms. The second kappa shape index (κ2) is 7.31. The molecular formula is C22H21F2N3O2. The summed E-state index contributed by atoms with van der Waals surface area (Å²) in [6.45, 7) is 0. The molecule has 0 aliphatic carbocycles. The van der Waals surface area contributed by atoms with Gasteiger partial charge in [0.05, 0.1) is 0 Å². The molecular weight excluding hydrogens is 376 g/mol. The summed E-state index contributed by atoms with van der Waals surface area (Å²) in [7, 11) is 3.17. The van der Waals surface area contributed by atoms with E-state index in [0.29, 0.717) is 22.0 Å². The number of piperazine rings is 1. The number of fused-ring (bicyclic) bond motifs is 1. The minimum Gasteiger partial charge on any atom is -0.361 e. The number of likely N-dealkylation sites (N-methyl/N-ethyl adjacent to an activating group) is 2. The molecule has 2 amide bonds. The highest BCUT2D eigenvalue weighted by Gasteiger charge is 2.42. The van der Waals surface area contributed by atoms with Crippen molar-refractivity contribution >= 4 is 22.7 Å². The zero-order valence-corrected chi connectivity index (χ0v) is 16.2. The molecule has 1 aliphatic rings. The predicted octanol–water partition coefficient (Wildman–Crippen LogP) is 2.90. The zero-order chi connectivity index (χ0) is 20.7. The molecule has 1 fully saturated rings. The van der Waals surface area contributed by atoms with E-state index in [0.717, 1.165) is 0 Å². The van der Waals surface area contributed by atoms with Crippen LogP contribution in [-0.2, 0) is 22.4 Å². The molecule has 0 unspecified atom stereocenters. The predicted molar refractivity (Wildman–Crippen MR) is 105 cm³/mol. The van der Waals surface area contributed by atoms with Crippen LogP contribution in [0.1, 0.15) is 11.1 Å². The van der Waals surface area contributed by atoms with Gasteiger partial charge in [-0.2, -0.15) is 0 Å². The van der Waals surface area contributed by atoms with Crippen molar-refractivity contribution in [1.82, 2.24) is 14.8 Å². The Morgan fingerprint density at radius 2 is 1.59 bits per heavy atom. The topological polar surface area (TPSA) is 56.4 Å². The first-order valence-corrected chi connectivity index (χ1v) is 9.39. The molecule has 0 bridgehead atoms. The minimum atomic E-state index is -0.727. The van der Waals surface area contributed by atoms with Gasteiger partial charge in [-0.1, -0.05) is 18.2 Å². The quantitative estimate of drug-likeness (QED) is 0.736. The Balaban J connectivity index is 1.59. The molecule has 0 radical (unpaired) electrons. The maximum Gasteiger partial charge on any atom is 0.246 e. The molecule has 0 saturated carbocycles. The standard InChI is InChI=1S/C22H21F2N3O2/c1-26-18(10-13-5-3-6-15(23)9-13)21(28)27(2)19(22(26)29)11-14-12-25-17-8-4-7-16(24)20(14)17/h3-9,12,18-19,25H,10-11H2,1-2H3/t18-,19-/m0/s1. The van der Waals surface area contributed by atoms with Crippen LogP contribution in [0.4, 0.5) is 8.78 Å². The van der Waals surface area contributed by atoms with Gasteiger partial charge in [-0.3, -0.25) is 9.59 Å². The van der Waals surface area contributed by atoms with Crippen LogP contribution in [0, 0.1) is 11.6 Å². The maximum atomic E-state index is 14.3. The van der Waals surface area contributed by atoms with Crippen LogP contribution in [0.2, 0.25) is 0 Å². The summed E-state index contributed by atoms with van der Waals surface area (Å²) in [5, 5.41) is 0.436. The van der Waals surface area contributed by atoms with Gasteiger partial charge in [0, 0.05) is 44.0 Å². The van der Waals surface area contributed by atoms with Crippen molar-refractivity contribution in [3.8, 4) is 0 Å². The number of nitrogens with one attached hydrogen (secondary N) is 1. The SMILES string of the molecule is CN1C(=O)[C@H](Cc2c[nH]c3cccc(F)c23)N(C)C(=O)[C@@H]1Cc1cccc(F)c1. The van der Waals surface area contributed by atoms with Crippen molar-refractivity contribution in [3.05, 3.63) is 71.4 Å². The molecule has 5 nitrogen and oxygen atoms in total. The first-order valence-electron chi connectivity index (χ1n) is 9.39. The minimum absolute atomic E-state index is 0.207. The second-order valence-corrected chi connectivity index (χ2v) is 7.44. The highest BCUT2D eigenvalue weighted by molar-refractivity contribution is 5.97. The Labute approximate surface area is 166 Å². The number of rotatable bonds is 4. The molecule has 150 valence electrons. The van der Waals surface area contributed by atoms with Crippen LogP contribution < -0.4 is 0 Å². The molecule has 3 aromatic rings. The highest BCUT2D eigenvalue weighted by atomic mass is 19.1. The third-order valence-electron chi connectivity index (χ3n) is 5.67. The van der Waals surface area contributed by atoms with Gasteiger partial charge >= 0.3 is 0 Å². The summed E-state index contributed by atoms with van der Waals surface area (Å²) < 4.78 is 27.8. The number of carbonyl (C=O) groups excluding carboxylic acids is 2. The third kappa shape index (κ3) is 3.37. The van der Waals surface area contributed by atoms with Gasteiger partial charge in [0.1, 0.15) is 23.7 Å².